The summed E-state index contributed by atoms with van der Waals surface area (Å²) in [5.74, 6) is 0.330. The zero-order valence-corrected chi connectivity index (χ0v) is 23.6. The molecule has 0 saturated heterocycles. The number of carbonyl (C=O) groups excluding carboxylic acids is 2. The molecule has 40 heavy (non-hydrogen) atoms. The van der Waals surface area contributed by atoms with Crippen molar-refractivity contribution in [1.82, 2.24) is 29.8 Å². The van der Waals surface area contributed by atoms with Crippen molar-refractivity contribution in [3.8, 4) is 17.1 Å². The van der Waals surface area contributed by atoms with E-state index < -0.39 is 16.1 Å². The van der Waals surface area contributed by atoms with Crippen molar-refractivity contribution < 1.29 is 18.0 Å². The Hall–Kier alpha value is -4.23. The molecule has 11 nitrogen and oxygen atoms in total. The van der Waals surface area contributed by atoms with Crippen LogP contribution in [0.1, 0.15) is 25.3 Å². The fourth-order valence-electron chi connectivity index (χ4n) is 3.61. The van der Waals surface area contributed by atoms with E-state index in [4.69, 9.17) is 0 Å². The van der Waals surface area contributed by atoms with Gasteiger partial charge in [0.05, 0.1) is 10.6 Å². The number of rotatable bonds is 11. The first-order valence-electron chi connectivity index (χ1n) is 12.5. The van der Waals surface area contributed by atoms with E-state index in [9.17, 15) is 18.0 Å². The second kappa shape index (κ2) is 13.2. The average Bonchev–Trinajstić information content (AvgIpc) is 3.37. The van der Waals surface area contributed by atoms with Gasteiger partial charge in [-0.25, -0.2) is 17.9 Å². The number of aryl methyl sites for hydroxylation is 1. The molecule has 2 aromatic carbocycles. The zero-order chi connectivity index (χ0) is 28.5. The maximum Gasteiger partial charge on any atom is 0.328 e. The van der Waals surface area contributed by atoms with Crippen molar-refractivity contribution in [2.24, 2.45) is 0 Å². The number of pyridine rings is 1. The molecule has 0 aliphatic heterocycles. The van der Waals surface area contributed by atoms with E-state index in [2.05, 4.69) is 25.8 Å². The number of aromatic nitrogens is 4. The van der Waals surface area contributed by atoms with Crippen LogP contribution < -0.4 is 15.4 Å². The van der Waals surface area contributed by atoms with Gasteiger partial charge in [-0.1, -0.05) is 42.8 Å². The highest BCUT2D eigenvalue weighted by atomic mass is 32.2. The van der Waals surface area contributed by atoms with Crippen molar-refractivity contribution in [3.63, 3.8) is 0 Å². The third kappa shape index (κ3) is 7.45. The largest absolute Gasteiger partial charge is 0.337 e. The highest BCUT2D eigenvalue weighted by Crippen LogP contribution is 2.28. The van der Waals surface area contributed by atoms with Gasteiger partial charge < -0.3 is 10.6 Å². The van der Waals surface area contributed by atoms with E-state index in [1.807, 2.05) is 59.5 Å². The number of carbonyl (C=O) groups is 2. The lowest BCUT2D eigenvalue weighted by Gasteiger charge is -2.11. The molecule has 4 aromatic rings. The fourth-order valence-corrected chi connectivity index (χ4v) is 5.29. The molecular weight excluding hydrogens is 550 g/mol. The predicted molar refractivity (Wildman–Crippen MR) is 154 cm³/mol. The number of nitrogens with one attached hydrogen (secondary N) is 3. The second-order valence-corrected chi connectivity index (χ2v) is 11.4. The number of hydrogen-bond donors (Lipinski definition) is 3. The summed E-state index contributed by atoms with van der Waals surface area (Å²) in [6, 6.07) is 16.4. The Morgan fingerprint density at radius 1 is 1.00 bits per heavy atom. The van der Waals surface area contributed by atoms with Crippen LogP contribution >= 0.6 is 11.8 Å². The minimum absolute atomic E-state index is 0.0383. The molecule has 3 N–H and O–H groups in total. The Morgan fingerprint density at radius 2 is 1.75 bits per heavy atom. The molecule has 0 unspecified atom stereocenters. The number of nitrogens with zero attached hydrogens (tertiary/aromatic N) is 4. The van der Waals surface area contributed by atoms with Crippen molar-refractivity contribution in [3.05, 3.63) is 78.6 Å². The molecule has 2 heterocycles. The first-order valence-corrected chi connectivity index (χ1v) is 15.0. The molecule has 4 rings (SSSR count). The third-order valence-corrected chi connectivity index (χ3v) is 7.94. The highest BCUT2D eigenvalue weighted by Gasteiger charge is 2.19. The van der Waals surface area contributed by atoms with Gasteiger partial charge in [0, 0.05) is 35.9 Å². The molecule has 13 heteroatoms. The smallest absolute Gasteiger partial charge is 0.328 e. The maximum atomic E-state index is 12.7. The van der Waals surface area contributed by atoms with Gasteiger partial charge in [0.25, 0.3) is 10.0 Å². The van der Waals surface area contributed by atoms with Crippen LogP contribution in [0.3, 0.4) is 0 Å². The predicted octanol–water partition coefficient (Wildman–Crippen LogP) is 4.16. The summed E-state index contributed by atoms with van der Waals surface area (Å²) in [6.45, 7) is 4.35. The summed E-state index contributed by atoms with van der Waals surface area (Å²) in [7, 11) is -4.04. The summed E-state index contributed by atoms with van der Waals surface area (Å²) < 4.78 is 28.8. The molecule has 3 amide bonds. The Morgan fingerprint density at radius 3 is 2.42 bits per heavy atom. The van der Waals surface area contributed by atoms with E-state index in [0.29, 0.717) is 23.2 Å². The molecule has 0 atom stereocenters. The van der Waals surface area contributed by atoms with Crippen molar-refractivity contribution in [1.29, 1.82) is 0 Å². The van der Waals surface area contributed by atoms with Crippen LogP contribution in [0.4, 0.5) is 10.5 Å². The fraction of sp³-hybridized carbons (Fsp3) is 0.222. The lowest BCUT2D eigenvalue weighted by Crippen LogP contribution is -2.39. The van der Waals surface area contributed by atoms with Crippen LogP contribution in [-0.4, -0.2) is 52.4 Å². The quantitative estimate of drug-likeness (QED) is 0.177. The number of amides is 3. The summed E-state index contributed by atoms with van der Waals surface area (Å²) in [5.41, 5.74) is 3.16. The van der Waals surface area contributed by atoms with Crippen LogP contribution in [-0.2, 0) is 14.8 Å². The standard InChI is InChI=1S/C27H29N7O4S2/c1-3-4-16-29-26(36)33-40(37,38)23-13-9-21(10-14-23)30-24(35)18-39-27-32-31-25(20-6-5-15-28-17-20)34(27)22-11-7-19(2)8-12-22/h5-15,17H,3-4,16,18H2,1-2H3,(H,30,35)(H2,29,33,36). The Bertz CT molecular complexity index is 1560. The molecule has 0 aliphatic rings. The van der Waals surface area contributed by atoms with Gasteiger partial charge in [-0.15, -0.1) is 10.2 Å². The van der Waals surface area contributed by atoms with E-state index in [0.717, 1.165) is 29.7 Å². The first-order chi connectivity index (χ1) is 19.3. The van der Waals surface area contributed by atoms with Crippen LogP contribution in [0.25, 0.3) is 17.1 Å². The van der Waals surface area contributed by atoms with Gasteiger partial charge in [-0.3, -0.25) is 14.3 Å². The second-order valence-electron chi connectivity index (χ2n) is 8.80. The number of thioether (sulfide) groups is 1. The minimum atomic E-state index is -4.04. The molecule has 208 valence electrons. The molecule has 0 aliphatic carbocycles. The SMILES string of the molecule is CCCCNC(=O)NS(=O)(=O)c1ccc(NC(=O)CSc2nnc(-c3cccnc3)n2-c2ccc(C)cc2)cc1. The molecule has 0 saturated carbocycles. The number of unbranched alkanes of at least 4 members (excludes halogenated alkanes) is 1. The zero-order valence-electron chi connectivity index (χ0n) is 22.0. The van der Waals surface area contributed by atoms with Gasteiger partial charge in [0.1, 0.15) is 0 Å². The van der Waals surface area contributed by atoms with Crippen molar-refractivity contribution in [2.75, 3.05) is 17.6 Å². The van der Waals surface area contributed by atoms with Gasteiger partial charge in [-0.05, 0) is 61.9 Å². The van der Waals surface area contributed by atoms with Crippen LogP contribution in [0, 0.1) is 6.92 Å². The van der Waals surface area contributed by atoms with Gasteiger partial charge in [0.2, 0.25) is 5.91 Å². The van der Waals surface area contributed by atoms with Crippen LogP contribution in [0.2, 0.25) is 0 Å². The Labute approximate surface area is 236 Å². The summed E-state index contributed by atoms with van der Waals surface area (Å²) in [5, 5.41) is 14.4. The summed E-state index contributed by atoms with van der Waals surface area (Å²) in [6.07, 6.45) is 5.00. The molecule has 0 spiro atoms. The van der Waals surface area contributed by atoms with E-state index in [1.54, 1.807) is 12.4 Å². The van der Waals surface area contributed by atoms with E-state index in [1.165, 1.54) is 36.0 Å². The average molecular weight is 580 g/mol. The van der Waals surface area contributed by atoms with Gasteiger partial charge in [0.15, 0.2) is 11.0 Å². The van der Waals surface area contributed by atoms with E-state index >= 15 is 0 Å². The van der Waals surface area contributed by atoms with Crippen LogP contribution in [0.15, 0.2) is 83.1 Å². The highest BCUT2D eigenvalue weighted by molar-refractivity contribution is 7.99. The maximum absolute atomic E-state index is 12.7. The molecular formula is C27H29N7O4S2. The number of hydrogen-bond acceptors (Lipinski definition) is 8. The van der Waals surface area contributed by atoms with E-state index in [-0.39, 0.29) is 16.6 Å². The normalized spacial score (nSPS) is 11.2. The molecule has 2 aromatic heterocycles. The lowest BCUT2D eigenvalue weighted by molar-refractivity contribution is -0.113. The molecule has 0 bridgehead atoms. The Balaban J connectivity index is 1.41. The number of urea groups is 1. The first kappa shape index (κ1) is 28.8. The molecule has 0 radical (unpaired) electrons. The van der Waals surface area contributed by atoms with Gasteiger partial charge >= 0.3 is 6.03 Å². The number of sulfonamides is 1. The molecule has 0 fully saturated rings. The number of anilines is 1. The lowest BCUT2D eigenvalue weighted by atomic mass is 10.2. The third-order valence-electron chi connectivity index (χ3n) is 5.67. The van der Waals surface area contributed by atoms with Crippen molar-refractivity contribution >= 4 is 39.4 Å². The summed E-state index contributed by atoms with van der Waals surface area (Å²) in [4.78, 5) is 28.6. The summed E-state index contributed by atoms with van der Waals surface area (Å²) >= 11 is 1.22. The van der Waals surface area contributed by atoms with Gasteiger partial charge in [-0.2, -0.15) is 0 Å². The van der Waals surface area contributed by atoms with Crippen molar-refractivity contribution in [2.45, 2.75) is 36.7 Å². The van der Waals surface area contributed by atoms with Crippen LogP contribution in [0.5, 0.6) is 0 Å². The Kier molecular flexibility index (Phi) is 9.51. The topological polar surface area (TPSA) is 148 Å². The monoisotopic (exact) mass is 579 g/mol. The number of benzene rings is 2. The minimum Gasteiger partial charge on any atom is -0.337 e.